The number of nitriles is 1. The Morgan fingerprint density at radius 2 is 2.36 bits per heavy atom. The largest absolute Gasteiger partial charge is 0.393 e. The summed E-state index contributed by atoms with van der Waals surface area (Å²) in [6.45, 7) is -0.209. The summed E-state index contributed by atoms with van der Waals surface area (Å²) in [5, 5.41) is 17.9. The number of rotatable bonds is 4. The van der Waals surface area contributed by atoms with Crippen molar-refractivity contribution in [3.8, 4) is 6.07 Å². The molecule has 74 valence electrons. The highest BCUT2D eigenvalue weighted by Crippen LogP contribution is 2.20. The number of halogens is 1. The maximum atomic E-state index is 9.02. The minimum Gasteiger partial charge on any atom is -0.393 e. The molecule has 0 saturated heterocycles. The van der Waals surface area contributed by atoms with E-state index in [0.717, 1.165) is 5.56 Å². The highest BCUT2D eigenvalue weighted by atomic mass is 35.5. The Balaban J connectivity index is 2.74. The van der Waals surface area contributed by atoms with E-state index in [2.05, 4.69) is 0 Å². The highest BCUT2D eigenvalue weighted by Gasteiger charge is 2.10. The molecule has 3 nitrogen and oxygen atoms in total. The van der Waals surface area contributed by atoms with Crippen molar-refractivity contribution in [2.45, 2.75) is 6.10 Å². The molecular weight excluding hydrogens is 202 g/mol. The van der Waals surface area contributed by atoms with Gasteiger partial charge in [0, 0.05) is 5.02 Å². The predicted octanol–water partition coefficient (Wildman–Crippen LogP) is 1.91. The first-order valence-corrected chi connectivity index (χ1v) is 4.50. The average Bonchev–Trinajstić information content (AvgIpc) is 2.19. The summed E-state index contributed by atoms with van der Waals surface area (Å²) in [5.41, 5.74) is 0.773. The van der Waals surface area contributed by atoms with Gasteiger partial charge in [-0.3, -0.25) is 0 Å². The topological polar surface area (TPSA) is 53.2 Å². The maximum Gasteiger partial charge on any atom is 0.134 e. The lowest BCUT2D eigenvalue weighted by Gasteiger charge is -2.13. The van der Waals surface area contributed by atoms with Crippen LogP contribution in [0.3, 0.4) is 0 Å². The van der Waals surface area contributed by atoms with Crippen LogP contribution in [0.25, 0.3) is 0 Å². The van der Waals surface area contributed by atoms with Gasteiger partial charge in [-0.25, -0.2) is 0 Å². The summed E-state index contributed by atoms with van der Waals surface area (Å²) in [6.07, 6.45) is -0.478. The molecule has 1 unspecified atom stereocenters. The smallest absolute Gasteiger partial charge is 0.134 e. The Hall–Kier alpha value is -1.08. The number of hydrogen-bond acceptors (Lipinski definition) is 3. The quantitative estimate of drug-likeness (QED) is 0.828. The van der Waals surface area contributed by atoms with Gasteiger partial charge in [0.15, 0.2) is 0 Å². The van der Waals surface area contributed by atoms with Gasteiger partial charge >= 0.3 is 0 Å². The SMILES string of the molecule is N#CCOC(CO)c1cccc(Cl)c1. The highest BCUT2D eigenvalue weighted by molar-refractivity contribution is 6.30. The normalized spacial score (nSPS) is 12.1. The van der Waals surface area contributed by atoms with Gasteiger partial charge in [0.1, 0.15) is 12.7 Å². The van der Waals surface area contributed by atoms with E-state index in [1.807, 2.05) is 6.07 Å². The van der Waals surface area contributed by atoms with Crippen LogP contribution in [0.5, 0.6) is 0 Å². The number of benzene rings is 1. The van der Waals surface area contributed by atoms with Crippen LogP contribution >= 0.6 is 11.6 Å². The molecule has 0 aliphatic rings. The third kappa shape index (κ3) is 3.00. The zero-order chi connectivity index (χ0) is 10.4. The molecule has 0 aromatic heterocycles. The van der Waals surface area contributed by atoms with Crippen LogP contribution in [0.2, 0.25) is 5.02 Å². The van der Waals surface area contributed by atoms with Crippen molar-refractivity contribution >= 4 is 11.6 Å². The second-order valence-electron chi connectivity index (χ2n) is 2.70. The lowest BCUT2D eigenvalue weighted by Crippen LogP contribution is -2.09. The Morgan fingerprint density at radius 3 is 2.93 bits per heavy atom. The van der Waals surface area contributed by atoms with Crippen molar-refractivity contribution in [3.05, 3.63) is 34.9 Å². The molecule has 1 atom stereocenters. The zero-order valence-electron chi connectivity index (χ0n) is 7.48. The van der Waals surface area contributed by atoms with Crippen molar-refractivity contribution in [2.24, 2.45) is 0 Å². The number of hydrogen-bond donors (Lipinski definition) is 1. The molecule has 0 aliphatic heterocycles. The molecule has 1 aromatic carbocycles. The summed E-state index contributed by atoms with van der Waals surface area (Å²) >= 11 is 5.78. The molecule has 0 spiro atoms. The number of nitrogens with zero attached hydrogens (tertiary/aromatic N) is 1. The third-order valence-corrected chi connectivity index (χ3v) is 1.97. The van der Waals surface area contributed by atoms with Crippen molar-refractivity contribution in [1.82, 2.24) is 0 Å². The Kier molecular flexibility index (Phi) is 4.41. The van der Waals surface area contributed by atoms with Gasteiger partial charge < -0.3 is 9.84 Å². The molecule has 0 radical (unpaired) electrons. The minimum absolute atomic E-state index is 0.0439. The number of aliphatic hydroxyl groups excluding tert-OH is 1. The lowest BCUT2D eigenvalue weighted by molar-refractivity contribution is 0.0296. The molecular formula is C10H10ClNO2. The van der Waals surface area contributed by atoms with Crippen molar-refractivity contribution < 1.29 is 9.84 Å². The lowest BCUT2D eigenvalue weighted by atomic mass is 10.1. The first kappa shape index (κ1) is 11.0. The van der Waals surface area contributed by atoms with E-state index in [-0.39, 0.29) is 13.2 Å². The molecule has 0 fully saturated rings. The zero-order valence-corrected chi connectivity index (χ0v) is 8.24. The van der Waals surface area contributed by atoms with E-state index in [0.29, 0.717) is 5.02 Å². The molecule has 1 aromatic rings. The van der Waals surface area contributed by atoms with Crippen molar-refractivity contribution in [1.29, 1.82) is 5.26 Å². The molecule has 0 aliphatic carbocycles. The monoisotopic (exact) mass is 211 g/mol. The molecule has 0 heterocycles. The average molecular weight is 212 g/mol. The van der Waals surface area contributed by atoms with Crippen LogP contribution < -0.4 is 0 Å². The van der Waals surface area contributed by atoms with Gasteiger partial charge in [0.05, 0.1) is 12.7 Å². The predicted molar refractivity (Wildman–Crippen MR) is 52.8 cm³/mol. The molecule has 0 bridgehead atoms. The minimum atomic E-state index is -0.478. The van der Waals surface area contributed by atoms with Gasteiger partial charge in [0.2, 0.25) is 0 Å². The first-order valence-electron chi connectivity index (χ1n) is 4.13. The van der Waals surface area contributed by atoms with E-state index in [1.165, 1.54) is 0 Å². The van der Waals surface area contributed by atoms with E-state index in [9.17, 15) is 0 Å². The van der Waals surface area contributed by atoms with Crippen molar-refractivity contribution in [3.63, 3.8) is 0 Å². The van der Waals surface area contributed by atoms with Gasteiger partial charge in [-0.2, -0.15) is 5.26 Å². The molecule has 1 rings (SSSR count). The standard InChI is InChI=1S/C10H10ClNO2/c11-9-3-1-2-8(6-9)10(7-13)14-5-4-12/h1-3,6,10,13H,5,7H2. The summed E-state index contributed by atoms with van der Waals surface area (Å²) in [6, 6.07) is 8.87. The summed E-state index contributed by atoms with van der Waals surface area (Å²) in [4.78, 5) is 0. The van der Waals surface area contributed by atoms with Crippen LogP contribution in [0, 0.1) is 11.3 Å². The number of ether oxygens (including phenoxy) is 1. The summed E-state index contributed by atoms with van der Waals surface area (Å²) < 4.78 is 5.11. The fourth-order valence-corrected chi connectivity index (χ4v) is 1.30. The Bertz CT molecular complexity index is 335. The van der Waals surface area contributed by atoms with Crippen LogP contribution in [0.1, 0.15) is 11.7 Å². The van der Waals surface area contributed by atoms with Gasteiger partial charge in [-0.1, -0.05) is 23.7 Å². The second-order valence-corrected chi connectivity index (χ2v) is 3.13. The summed E-state index contributed by atoms with van der Waals surface area (Å²) in [5.74, 6) is 0. The van der Waals surface area contributed by atoms with Gasteiger partial charge in [-0.15, -0.1) is 0 Å². The molecule has 4 heteroatoms. The van der Waals surface area contributed by atoms with E-state index >= 15 is 0 Å². The van der Waals surface area contributed by atoms with Gasteiger partial charge in [0.25, 0.3) is 0 Å². The maximum absolute atomic E-state index is 9.02. The Labute approximate surface area is 87.5 Å². The molecule has 0 amide bonds. The fraction of sp³-hybridized carbons (Fsp3) is 0.300. The first-order chi connectivity index (χ1) is 6.77. The Morgan fingerprint density at radius 1 is 1.57 bits per heavy atom. The fourth-order valence-electron chi connectivity index (χ4n) is 1.10. The van der Waals surface area contributed by atoms with Crippen LogP contribution in [0.4, 0.5) is 0 Å². The molecule has 1 N–H and O–H groups in total. The van der Waals surface area contributed by atoms with E-state index in [4.69, 9.17) is 26.7 Å². The summed E-state index contributed by atoms with van der Waals surface area (Å²) in [7, 11) is 0. The van der Waals surface area contributed by atoms with E-state index in [1.54, 1.807) is 24.3 Å². The second kappa shape index (κ2) is 5.61. The van der Waals surface area contributed by atoms with Crippen LogP contribution in [-0.4, -0.2) is 18.3 Å². The number of aliphatic hydroxyl groups is 1. The van der Waals surface area contributed by atoms with Gasteiger partial charge in [-0.05, 0) is 17.7 Å². The van der Waals surface area contributed by atoms with Crippen molar-refractivity contribution in [2.75, 3.05) is 13.2 Å². The van der Waals surface area contributed by atoms with E-state index < -0.39 is 6.10 Å². The molecule has 0 saturated carbocycles. The molecule has 14 heavy (non-hydrogen) atoms. The third-order valence-electron chi connectivity index (χ3n) is 1.74. The van der Waals surface area contributed by atoms with Crippen LogP contribution in [0.15, 0.2) is 24.3 Å². The van der Waals surface area contributed by atoms with Crippen LogP contribution in [-0.2, 0) is 4.74 Å².